The molecule has 6 rings (SSSR count). The normalized spacial score (nSPS) is 20.4. The van der Waals surface area contributed by atoms with Crippen molar-refractivity contribution in [2.45, 2.75) is 37.9 Å². The summed E-state index contributed by atoms with van der Waals surface area (Å²) in [7, 11) is 0. The van der Waals surface area contributed by atoms with E-state index in [1.54, 1.807) is 0 Å². The van der Waals surface area contributed by atoms with Gasteiger partial charge >= 0.3 is 0 Å². The highest BCUT2D eigenvalue weighted by molar-refractivity contribution is 8.15. The minimum Gasteiger partial charge on any atom is -0.354 e. The first kappa shape index (κ1) is 19.0. The van der Waals surface area contributed by atoms with Gasteiger partial charge in [-0.2, -0.15) is 5.26 Å². The van der Waals surface area contributed by atoms with Gasteiger partial charge in [0.15, 0.2) is 10.8 Å². The van der Waals surface area contributed by atoms with Crippen LogP contribution in [0.4, 0.5) is 5.82 Å². The summed E-state index contributed by atoms with van der Waals surface area (Å²) < 4.78 is 2.47. The number of hydrogen-bond donors (Lipinski definition) is 0. The second-order valence-electron chi connectivity index (χ2n) is 9.32. The third kappa shape index (κ3) is 2.92. The molecule has 1 saturated heterocycles. The van der Waals surface area contributed by atoms with Crippen LogP contribution in [0.3, 0.4) is 0 Å². The molecule has 0 N–H and O–H groups in total. The van der Waals surface area contributed by atoms with Gasteiger partial charge in [-0.1, -0.05) is 23.9 Å². The molecular formula is C24H26N6S. The average molecular weight is 431 g/mol. The number of aromatic nitrogens is 2. The van der Waals surface area contributed by atoms with Crippen LogP contribution < -0.4 is 4.90 Å². The minimum atomic E-state index is 0.211. The Labute approximate surface area is 186 Å². The van der Waals surface area contributed by atoms with Crippen LogP contribution >= 0.6 is 11.8 Å². The third-order valence-corrected chi connectivity index (χ3v) is 7.96. The first-order valence-electron chi connectivity index (χ1n) is 11.1. The quantitative estimate of drug-likeness (QED) is 0.587. The van der Waals surface area contributed by atoms with Crippen molar-refractivity contribution in [3.05, 3.63) is 41.0 Å². The number of hydrogen-bond acceptors (Lipinski definition) is 6. The van der Waals surface area contributed by atoms with Crippen molar-refractivity contribution >= 4 is 39.4 Å². The maximum atomic E-state index is 9.99. The number of para-hydroxylation sites is 2. The summed E-state index contributed by atoms with van der Waals surface area (Å²) in [5.74, 6) is 1.26. The zero-order valence-electron chi connectivity index (χ0n) is 18.1. The number of piperazine rings is 1. The molecule has 6 nitrogen and oxygen atoms in total. The molecule has 0 spiro atoms. The van der Waals surface area contributed by atoms with Gasteiger partial charge in [0.25, 0.3) is 0 Å². The number of anilines is 1. The third-order valence-electron chi connectivity index (χ3n) is 6.71. The van der Waals surface area contributed by atoms with E-state index in [1.807, 2.05) is 23.9 Å². The summed E-state index contributed by atoms with van der Waals surface area (Å²) in [6.45, 7) is 9.31. The lowest BCUT2D eigenvalue weighted by Gasteiger charge is -2.38. The van der Waals surface area contributed by atoms with E-state index < -0.39 is 0 Å². The number of fused-ring (bicyclic) bond motifs is 4. The molecule has 1 aromatic carbocycles. The molecule has 3 aliphatic rings. The van der Waals surface area contributed by atoms with Crippen LogP contribution in [0.25, 0.3) is 16.7 Å². The Morgan fingerprint density at radius 2 is 1.77 bits per heavy atom. The van der Waals surface area contributed by atoms with Crippen molar-refractivity contribution < 1.29 is 0 Å². The summed E-state index contributed by atoms with van der Waals surface area (Å²) in [6.07, 6.45) is 3.14. The van der Waals surface area contributed by atoms with E-state index >= 15 is 0 Å². The van der Waals surface area contributed by atoms with Crippen molar-refractivity contribution in [1.29, 1.82) is 5.26 Å². The molecule has 0 atom stereocenters. The Bertz CT molecular complexity index is 1270. The molecule has 1 fully saturated rings. The maximum Gasteiger partial charge on any atom is 0.159 e. The first-order valence-corrected chi connectivity index (χ1v) is 12.0. The lowest BCUT2D eigenvalue weighted by Crippen LogP contribution is -2.48. The lowest BCUT2D eigenvalue weighted by molar-refractivity contribution is 0.390. The zero-order chi connectivity index (χ0) is 21.2. The highest BCUT2D eigenvalue weighted by Crippen LogP contribution is 2.39. The molecule has 0 amide bonds. The number of benzene rings is 1. The molecule has 0 bridgehead atoms. The highest BCUT2D eigenvalue weighted by atomic mass is 32.2. The molecule has 0 unspecified atom stereocenters. The number of rotatable bonds is 1. The van der Waals surface area contributed by atoms with Gasteiger partial charge in [0.2, 0.25) is 0 Å². The summed E-state index contributed by atoms with van der Waals surface area (Å²) in [5.41, 5.74) is 6.22. The fraction of sp³-hybridized carbons (Fsp3) is 0.458. The minimum absolute atomic E-state index is 0.211. The maximum absolute atomic E-state index is 9.99. The highest BCUT2D eigenvalue weighted by Gasteiger charge is 2.34. The van der Waals surface area contributed by atoms with Gasteiger partial charge in [-0.3, -0.25) is 9.39 Å². The molecular weight excluding hydrogens is 404 g/mol. The summed E-state index contributed by atoms with van der Waals surface area (Å²) in [4.78, 5) is 14.7. The fourth-order valence-electron chi connectivity index (χ4n) is 5.24. The first-order chi connectivity index (χ1) is 15.1. The van der Waals surface area contributed by atoms with Crippen LogP contribution in [0.15, 0.2) is 29.3 Å². The zero-order valence-corrected chi connectivity index (χ0v) is 18.9. The topological polar surface area (TPSA) is 59.9 Å². The number of aliphatic imine (C=N–C) groups is 1. The average Bonchev–Trinajstić information content (AvgIpc) is 3.49. The van der Waals surface area contributed by atoms with Crippen molar-refractivity contribution in [3.8, 4) is 6.07 Å². The molecule has 3 aromatic rings. The molecule has 2 aromatic heterocycles. The Morgan fingerprint density at radius 1 is 1.03 bits per heavy atom. The second-order valence-corrected chi connectivity index (χ2v) is 11.0. The Hall–Kier alpha value is -2.72. The van der Waals surface area contributed by atoms with Crippen LogP contribution in [0.1, 0.15) is 37.0 Å². The van der Waals surface area contributed by atoms with Gasteiger partial charge < -0.3 is 9.80 Å². The Balaban J connectivity index is 1.43. The standard InChI is InChI=1S/C24H26N6S/c1-24(2)15-26-23(31-24)29-12-10-28(11-13-29)22-17-7-5-6-16(17)18(14-25)21-27-19-8-3-4-9-20(19)30(21)22/h3-4,8-9H,5-7,10-13,15H2,1-2H3. The Kier molecular flexibility index (Phi) is 4.23. The van der Waals surface area contributed by atoms with E-state index in [4.69, 9.17) is 9.98 Å². The van der Waals surface area contributed by atoms with Crippen LogP contribution in [0, 0.1) is 11.3 Å². The predicted octanol–water partition coefficient (Wildman–Crippen LogP) is 3.85. The fourth-order valence-corrected chi connectivity index (χ4v) is 6.30. The Morgan fingerprint density at radius 3 is 2.52 bits per heavy atom. The predicted molar refractivity (Wildman–Crippen MR) is 127 cm³/mol. The summed E-state index contributed by atoms with van der Waals surface area (Å²) in [6, 6.07) is 10.7. The molecule has 4 heterocycles. The number of pyridine rings is 1. The van der Waals surface area contributed by atoms with Gasteiger partial charge in [-0.05, 0) is 56.4 Å². The molecule has 1 aliphatic carbocycles. The summed E-state index contributed by atoms with van der Waals surface area (Å²) in [5, 5.41) is 11.2. The van der Waals surface area contributed by atoms with Crippen molar-refractivity contribution in [2.75, 3.05) is 37.6 Å². The van der Waals surface area contributed by atoms with E-state index in [0.29, 0.717) is 0 Å². The molecule has 0 saturated carbocycles. The molecule has 158 valence electrons. The van der Waals surface area contributed by atoms with E-state index in [2.05, 4.69) is 46.2 Å². The van der Waals surface area contributed by atoms with Gasteiger partial charge in [-0.15, -0.1) is 0 Å². The van der Waals surface area contributed by atoms with Crippen molar-refractivity contribution in [3.63, 3.8) is 0 Å². The molecule has 31 heavy (non-hydrogen) atoms. The van der Waals surface area contributed by atoms with Crippen LogP contribution in [-0.2, 0) is 12.8 Å². The number of imidazole rings is 1. The number of nitriles is 1. The molecule has 7 heteroatoms. The lowest BCUT2D eigenvalue weighted by atomic mass is 10.0. The van der Waals surface area contributed by atoms with E-state index in [0.717, 1.165) is 74.2 Å². The van der Waals surface area contributed by atoms with E-state index in [1.165, 1.54) is 22.1 Å². The number of thioether (sulfide) groups is 1. The van der Waals surface area contributed by atoms with Gasteiger partial charge in [-0.25, -0.2) is 4.98 Å². The van der Waals surface area contributed by atoms with E-state index in [9.17, 15) is 5.26 Å². The molecule has 0 radical (unpaired) electrons. The van der Waals surface area contributed by atoms with Crippen molar-refractivity contribution in [1.82, 2.24) is 14.3 Å². The van der Waals surface area contributed by atoms with E-state index in [-0.39, 0.29) is 4.75 Å². The largest absolute Gasteiger partial charge is 0.354 e. The van der Waals surface area contributed by atoms with Crippen molar-refractivity contribution in [2.24, 2.45) is 4.99 Å². The van der Waals surface area contributed by atoms with Crippen LogP contribution in [0.5, 0.6) is 0 Å². The smallest absolute Gasteiger partial charge is 0.159 e. The number of amidine groups is 1. The van der Waals surface area contributed by atoms with Gasteiger partial charge in [0.05, 0.1) is 23.1 Å². The van der Waals surface area contributed by atoms with Crippen LogP contribution in [0.2, 0.25) is 0 Å². The monoisotopic (exact) mass is 430 g/mol. The number of nitrogens with zero attached hydrogens (tertiary/aromatic N) is 6. The molecule has 2 aliphatic heterocycles. The van der Waals surface area contributed by atoms with Gasteiger partial charge in [0.1, 0.15) is 11.9 Å². The van der Waals surface area contributed by atoms with Crippen LogP contribution in [-0.4, -0.2) is 56.9 Å². The SMILES string of the molecule is CC1(C)CN=C(N2CCN(c3c4c(c(C#N)c5nc6ccccc6n35)CCC4)CC2)S1. The second kappa shape index (κ2) is 6.89. The van der Waals surface area contributed by atoms with Gasteiger partial charge in [0, 0.05) is 30.9 Å². The summed E-state index contributed by atoms with van der Waals surface area (Å²) >= 11 is 1.91.